The van der Waals surface area contributed by atoms with E-state index in [4.69, 9.17) is 0 Å². The fourth-order valence-corrected chi connectivity index (χ4v) is 2.39. The van der Waals surface area contributed by atoms with Crippen molar-refractivity contribution in [3.05, 3.63) is 17.5 Å². The van der Waals surface area contributed by atoms with Crippen molar-refractivity contribution in [2.45, 2.75) is 65.3 Å². The first-order valence-electron chi connectivity index (χ1n) is 7.46. The van der Waals surface area contributed by atoms with Gasteiger partial charge in [0.15, 0.2) is 0 Å². The molecule has 0 fully saturated rings. The molecule has 1 heterocycles. The van der Waals surface area contributed by atoms with Crippen molar-refractivity contribution in [1.29, 1.82) is 0 Å². The van der Waals surface area contributed by atoms with Gasteiger partial charge in [-0.2, -0.15) is 5.10 Å². The van der Waals surface area contributed by atoms with E-state index in [1.807, 2.05) is 4.68 Å². The lowest BCUT2D eigenvalue weighted by Gasteiger charge is -2.17. The van der Waals surface area contributed by atoms with Gasteiger partial charge in [-0.25, -0.2) is 0 Å². The fraction of sp³-hybridized carbons (Fsp3) is 0.800. The summed E-state index contributed by atoms with van der Waals surface area (Å²) in [5.74, 6) is 0. The number of unbranched alkanes of at least 4 members (excludes halogenated alkanes) is 2. The van der Waals surface area contributed by atoms with Gasteiger partial charge in [-0.15, -0.1) is 0 Å². The first-order chi connectivity index (χ1) is 8.71. The van der Waals surface area contributed by atoms with Crippen LogP contribution in [0.5, 0.6) is 0 Å². The van der Waals surface area contributed by atoms with Gasteiger partial charge in [-0.05, 0) is 25.5 Å². The smallest absolute Gasteiger partial charge is 0.0624 e. The Morgan fingerprint density at radius 3 is 2.61 bits per heavy atom. The van der Waals surface area contributed by atoms with E-state index in [0.717, 1.165) is 19.4 Å². The van der Waals surface area contributed by atoms with Crippen LogP contribution in [0.3, 0.4) is 0 Å². The van der Waals surface area contributed by atoms with E-state index in [-0.39, 0.29) is 0 Å². The second-order valence-electron chi connectivity index (χ2n) is 5.06. The number of hydrogen-bond donors (Lipinski definition) is 1. The molecule has 0 radical (unpaired) electrons. The van der Waals surface area contributed by atoms with Gasteiger partial charge in [0.05, 0.1) is 5.69 Å². The van der Waals surface area contributed by atoms with E-state index in [2.05, 4.69) is 44.3 Å². The lowest BCUT2D eigenvalue weighted by atomic mass is 10.0. The van der Waals surface area contributed by atoms with Crippen molar-refractivity contribution in [2.75, 3.05) is 6.54 Å². The number of hydrogen-bond acceptors (Lipinski definition) is 2. The minimum atomic E-state index is 0.599. The zero-order chi connectivity index (χ0) is 13.4. The highest BCUT2D eigenvalue weighted by molar-refractivity contribution is 5.11. The third-order valence-corrected chi connectivity index (χ3v) is 3.49. The molecule has 3 heteroatoms. The van der Waals surface area contributed by atoms with Crippen LogP contribution in [-0.4, -0.2) is 22.4 Å². The summed E-state index contributed by atoms with van der Waals surface area (Å²) in [4.78, 5) is 0. The van der Waals surface area contributed by atoms with Crippen LogP contribution >= 0.6 is 0 Å². The maximum atomic E-state index is 4.53. The van der Waals surface area contributed by atoms with Crippen LogP contribution in [0.4, 0.5) is 0 Å². The Hall–Kier alpha value is -0.830. The van der Waals surface area contributed by atoms with Gasteiger partial charge in [-0.1, -0.05) is 40.0 Å². The van der Waals surface area contributed by atoms with Crippen molar-refractivity contribution in [1.82, 2.24) is 15.1 Å². The van der Waals surface area contributed by atoms with Gasteiger partial charge in [0.1, 0.15) is 0 Å². The van der Waals surface area contributed by atoms with Crippen LogP contribution in [0.2, 0.25) is 0 Å². The second-order valence-corrected chi connectivity index (χ2v) is 5.06. The highest BCUT2D eigenvalue weighted by Crippen LogP contribution is 2.11. The lowest BCUT2D eigenvalue weighted by molar-refractivity contribution is 0.456. The van der Waals surface area contributed by atoms with Gasteiger partial charge in [0, 0.05) is 25.2 Å². The molecule has 104 valence electrons. The Balaban J connectivity index is 2.55. The first-order valence-corrected chi connectivity index (χ1v) is 7.46. The maximum absolute atomic E-state index is 4.53. The molecule has 1 atom stereocenters. The molecule has 1 aromatic rings. The van der Waals surface area contributed by atoms with Crippen LogP contribution in [0, 0.1) is 0 Å². The molecule has 0 aromatic carbocycles. The van der Waals surface area contributed by atoms with Crippen LogP contribution in [0.25, 0.3) is 0 Å². The maximum Gasteiger partial charge on any atom is 0.0624 e. The normalized spacial score (nSPS) is 12.9. The SMILES string of the molecule is CCCCCC(Cc1cc(CC)nn1C)NCC. The molecule has 1 N–H and O–H groups in total. The Labute approximate surface area is 112 Å². The first kappa shape index (κ1) is 15.2. The molecule has 0 aliphatic rings. The second kappa shape index (κ2) is 8.30. The predicted octanol–water partition coefficient (Wildman–Crippen LogP) is 3.08. The lowest BCUT2D eigenvalue weighted by Crippen LogP contribution is -2.31. The van der Waals surface area contributed by atoms with Crippen molar-refractivity contribution in [3.8, 4) is 0 Å². The highest BCUT2D eigenvalue weighted by atomic mass is 15.3. The zero-order valence-corrected chi connectivity index (χ0v) is 12.5. The van der Waals surface area contributed by atoms with Crippen LogP contribution in [0.15, 0.2) is 6.07 Å². The molecular weight excluding hydrogens is 222 g/mol. The summed E-state index contributed by atoms with van der Waals surface area (Å²) in [6, 6.07) is 2.85. The largest absolute Gasteiger partial charge is 0.314 e. The van der Waals surface area contributed by atoms with Crippen molar-refractivity contribution in [3.63, 3.8) is 0 Å². The third-order valence-electron chi connectivity index (χ3n) is 3.49. The zero-order valence-electron chi connectivity index (χ0n) is 12.5. The van der Waals surface area contributed by atoms with Crippen LogP contribution < -0.4 is 5.32 Å². The summed E-state index contributed by atoms with van der Waals surface area (Å²) in [6.07, 6.45) is 7.36. The van der Waals surface area contributed by atoms with Gasteiger partial charge in [0.2, 0.25) is 0 Å². The standard InChI is InChI=1S/C15H29N3/c1-5-8-9-10-14(16-7-3)12-15-11-13(6-2)17-18(15)4/h11,14,16H,5-10,12H2,1-4H3. The average molecular weight is 251 g/mol. The molecule has 0 aliphatic heterocycles. The van der Waals surface area contributed by atoms with Crippen molar-refractivity contribution >= 4 is 0 Å². The third kappa shape index (κ3) is 4.81. The van der Waals surface area contributed by atoms with E-state index in [1.165, 1.54) is 37.1 Å². The quantitative estimate of drug-likeness (QED) is 0.684. The molecule has 1 rings (SSSR count). The number of aryl methyl sites for hydroxylation is 2. The highest BCUT2D eigenvalue weighted by Gasteiger charge is 2.11. The van der Waals surface area contributed by atoms with E-state index in [0.29, 0.717) is 6.04 Å². The molecule has 0 bridgehead atoms. The van der Waals surface area contributed by atoms with Crippen LogP contribution in [-0.2, 0) is 19.9 Å². The van der Waals surface area contributed by atoms with Gasteiger partial charge >= 0.3 is 0 Å². The summed E-state index contributed by atoms with van der Waals surface area (Å²) in [5.41, 5.74) is 2.56. The number of aromatic nitrogens is 2. The Bertz CT molecular complexity index is 330. The molecule has 0 amide bonds. The molecule has 1 aromatic heterocycles. The van der Waals surface area contributed by atoms with Gasteiger partial charge < -0.3 is 5.32 Å². The van der Waals surface area contributed by atoms with Crippen molar-refractivity contribution < 1.29 is 0 Å². The Kier molecular flexibility index (Phi) is 7.02. The number of nitrogens with zero attached hydrogens (tertiary/aromatic N) is 2. The minimum absolute atomic E-state index is 0.599. The topological polar surface area (TPSA) is 29.9 Å². The summed E-state index contributed by atoms with van der Waals surface area (Å²) in [7, 11) is 2.06. The summed E-state index contributed by atoms with van der Waals surface area (Å²) < 4.78 is 2.04. The monoisotopic (exact) mass is 251 g/mol. The Morgan fingerprint density at radius 1 is 1.28 bits per heavy atom. The molecule has 0 saturated heterocycles. The van der Waals surface area contributed by atoms with E-state index in [9.17, 15) is 0 Å². The predicted molar refractivity (Wildman–Crippen MR) is 77.9 cm³/mol. The number of rotatable bonds is 9. The van der Waals surface area contributed by atoms with Crippen molar-refractivity contribution in [2.24, 2.45) is 7.05 Å². The van der Waals surface area contributed by atoms with Crippen LogP contribution in [0.1, 0.15) is 57.8 Å². The van der Waals surface area contributed by atoms with Gasteiger partial charge in [-0.3, -0.25) is 4.68 Å². The van der Waals surface area contributed by atoms with E-state index >= 15 is 0 Å². The minimum Gasteiger partial charge on any atom is -0.314 e. The molecule has 0 saturated carbocycles. The van der Waals surface area contributed by atoms with E-state index in [1.54, 1.807) is 0 Å². The molecule has 0 aliphatic carbocycles. The summed E-state index contributed by atoms with van der Waals surface area (Å²) >= 11 is 0. The molecule has 3 nitrogen and oxygen atoms in total. The summed E-state index contributed by atoms with van der Waals surface area (Å²) in [5, 5.41) is 8.13. The summed E-state index contributed by atoms with van der Waals surface area (Å²) in [6.45, 7) is 7.66. The van der Waals surface area contributed by atoms with E-state index < -0.39 is 0 Å². The molecule has 1 unspecified atom stereocenters. The average Bonchev–Trinajstić information content (AvgIpc) is 2.71. The fourth-order valence-electron chi connectivity index (χ4n) is 2.39. The number of nitrogens with one attached hydrogen (secondary N) is 1. The number of likely N-dealkylation sites (N-methyl/N-ethyl adjacent to an activating group) is 1. The molecular formula is C15H29N3. The molecule has 18 heavy (non-hydrogen) atoms. The Morgan fingerprint density at radius 2 is 2.06 bits per heavy atom. The van der Waals surface area contributed by atoms with Gasteiger partial charge in [0.25, 0.3) is 0 Å². The molecule has 0 spiro atoms.